The van der Waals surface area contributed by atoms with Crippen LogP contribution in [0, 0.1) is 5.92 Å². The highest BCUT2D eigenvalue weighted by atomic mass is 16.5. The SMILES string of the molecule is O=C(NC[C@H](c1ccccc1)c1c[nH]c2ccccc12)[C@@H]1CCOC1. The van der Waals surface area contributed by atoms with Crippen LogP contribution in [0.25, 0.3) is 10.9 Å². The normalized spacial score (nSPS) is 18.3. The lowest BCUT2D eigenvalue weighted by Gasteiger charge is -2.19. The van der Waals surface area contributed by atoms with Crippen molar-refractivity contribution in [1.82, 2.24) is 10.3 Å². The predicted octanol–water partition coefficient (Wildman–Crippen LogP) is 3.45. The molecule has 3 aromatic rings. The van der Waals surface area contributed by atoms with Crippen molar-refractivity contribution in [3.8, 4) is 0 Å². The van der Waals surface area contributed by atoms with Gasteiger partial charge in [-0.15, -0.1) is 0 Å². The second kappa shape index (κ2) is 7.11. The summed E-state index contributed by atoms with van der Waals surface area (Å²) in [4.78, 5) is 15.8. The Kier molecular flexibility index (Phi) is 4.53. The molecule has 1 aromatic heterocycles. The third-order valence-corrected chi connectivity index (χ3v) is 4.98. The van der Waals surface area contributed by atoms with Crippen LogP contribution in [0.2, 0.25) is 0 Å². The number of aromatic amines is 1. The van der Waals surface area contributed by atoms with Crippen LogP contribution in [0.3, 0.4) is 0 Å². The van der Waals surface area contributed by atoms with Crippen LogP contribution >= 0.6 is 0 Å². The van der Waals surface area contributed by atoms with Gasteiger partial charge in [-0.3, -0.25) is 4.79 Å². The van der Waals surface area contributed by atoms with Gasteiger partial charge in [-0.2, -0.15) is 0 Å². The molecule has 1 saturated heterocycles. The van der Waals surface area contributed by atoms with Gasteiger partial charge in [0, 0.05) is 36.2 Å². The van der Waals surface area contributed by atoms with Crippen LogP contribution in [0.4, 0.5) is 0 Å². The molecule has 1 aliphatic rings. The summed E-state index contributed by atoms with van der Waals surface area (Å²) in [5, 5.41) is 4.35. The molecule has 0 radical (unpaired) electrons. The summed E-state index contributed by atoms with van der Waals surface area (Å²) >= 11 is 0. The molecular weight excluding hydrogens is 312 g/mol. The number of amides is 1. The summed E-state index contributed by atoms with van der Waals surface area (Å²) in [7, 11) is 0. The van der Waals surface area contributed by atoms with E-state index in [9.17, 15) is 4.79 Å². The Labute approximate surface area is 147 Å². The standard InChI is InChI=1S/C21H22N2O2/c24-21(16-10-11-25-14-16)23-12-18(15-6-2-1-3-7-15)19-13-22-20-9-5-4-8-17(19)20/h1-9,13,16,18,22H,10-12,14H2,(H,23,24)/t16-,18-/m1/s1. The Morgan fingerprint density at radius 1 is 1.16 bits per heavy atom. The van der Waals surface area contributed by atoms with Crippen molar-refractivity contribution in [3.05, 3.63) is 71.9 Å². The van der Waals surface area contributed by atoms with Gasteiger partial charge in [0.2, 0.25) is 5.91 Å². The quantitative estimate of drug-likeness (QED) is 0.751. The van der Waals surface area contributed by atoms with Gasteiger partial charge in [-0.25, -0.2) is 0 Å². The van der Waals surface area contributed by atoms with E-state index in [1.807, 2.05) is 24.3 Å². The van der Waals surface area contributed by atoms with Crippen LogP contribution in [-0.2, 0) is 9.53 Å². The third kappa shape index (κ3) is 3.30. The van der Waals surface area contributed by atoms with Gasteiger partial charge < -0.3 is 15.0 Å². The highest BCUT2D eigenvalue weighted by molar-refractivity contribution is 5.84. The fourth-order valence-corrected chi connectivity index (χ4v) is 3.56. The van der Waals surface area contributed by atoms with E-state index in [0.29, 0.717) is 19.8 Å². The smallest absolute Gasteiger partial charge is 0.225 e. The van der Waals surface area contributed by atoms with Gasteiger partial charge in [0.05, 0.1) is 12.5 Å². The Morgan fingerprint density at radius 3 is 2.76 bits per heavy atom. The van der Waals surface area contributed by atoms with Crippen LogP contribution in [0.1, 0.15) is 23.5 Å². The first-order chi connectivity index (χ1) is 12.3. The molecule has 4 nitrogen and oxygen atoms in total. The van der Waals surface area contributed by atoms with Crippen molar-refractivity contribution in [2.24, 2.45) is 5.92 Å². The van der Waals surface area contributed by atoms with Gasteiger partial charge in [-0.05, 0) is 23.6 Å². The van der Waals surface area contributed by atoms with E-state index in [1.54, 1.807) is 0 Å². The number of aromatic nitrogens is 1. The average molecular weight is 334 g/mol. The van der Waals surface area contributed by atoms with Crippen molar-refractivity contribution in [2.45, 2.75) is 12.3 Å². The number of H-pyrrole nitrogens is 1. The Morgan fingerprint density at radius 2 is 1.96 bits per heavy atom. The van der Waals surface area contributed by atoms with Crippen LogP contribution in [-0.4, -0.2) is 30.6 Å². The lowest BCUT2D eigenvalue weighted by Crippen LogP contribution is -2.34. The Bertz CT molecular complexity index is 850. The maximum atomic E-state index is 12.4. The molecule has 1 amide bonds. The number of rotatable bonds is 5. The zero-order chi connectivity index (χ0) is 17.1. The van der Waals surface area contributed by atoms with E-state index >= 15 is 0 Å². The molecule has 0 aliphatic carbocycles. The summed E-state index contributed by atoms with van der Waals surface area (Å²) in [6.07, 6.45) is 2.88. The highest BCUT2D eigenvalue weighted by Crippen LogP contribution is 2.30. The molecule has 1 aliphatic heterocycles. The molecule has 4 heteroatoms. The summed E-state index contributed by atoms with van der Waals surface area (Å²) in [5.74, 6) is 0.196. The highest BCUT2D eigenvalue weighted by Gasteiger charge is 2.25. The number of ether oxygens (including phenoxy) is 1. The molecule has 1 fully saturated rings. The van der Waals surface area contributed by atoms with Gasteiger partial charge in [-0.1, -0.05) is 48.5 Å². The van der Waals surface area contributed by atoms with E-state index < -0.39 is 0 Å². The molecular formula is C21H22N2O2. The minimum absolute atomic E-state index is 0.0145. The Balaban J connectivity index is 1.62. The minimum atomic E-state index is -0.0145. The van der Waals surface area contributed by atoms with E-state index in [4.69, 9.17) is 4.74 Å². The number of para-hydroxylation sites is 1. The van der Waals surface area contributed by atoms with Crippen LogP contribution in [0.15, 0.2) is 60.8 Å². The van der Waals surface area contributed by atoms with Crippen molar-refractivity contribution in [1.29, 1.82) is 0 Å². The summed E-state index contributed by atoms with van der Waals surface area (Å²) in [6.45, 7) is 1.80. The largest absolute Gasteiger partial charge is 0.381 e. The summed E-state index contributed by atoms with van der Waals surface area (Å²) in [5.41, 5.74) is 3.54. The van der Waals surface area contributed by atoms with E-state index in [1.165, 1.54) is 16.5 Å². The lowest BCUT2D eigenvalue weighted by atomic mass is 9.90. The van der Waals surface area contributed by atoms with Crippen molar-refractivity contribution in [2.75, 3.05) is 19.8 Å². The first-order valence-electron chi connectivity index (χ1n) is 8.79. The zero-order valence-electron chi connectivity index (χ0n) is 14.1. The fraction of sp³-hybridized carbons (Fsp3) is 0.286. The monoisotopic (exact) mass is 334 g/mol. The lowest BCUT2D eigenvalue weighted by molar-refractivity contribution is -0.124. The Hall–Kier alpha value is -2.59. The number of nitrogens with one attached hydrogen (secondary N) is 2. The second-order valence-corrected chi connectivity index (χ2v) is 6.56. The van der Waals surface area contributed by atoms with Gasteiger partial charge >= 0.3 is 0 Å². The van der Waals surface area contributed by atoms with Crippen molar-refractivity contribution >= 4 is 16.8 Å². The van der Waals surface area contributed by atoms with Crippen molar-refractivity contribution < 1.29 is 9.53 Å². The molecule has 0 unspecified atom stereocenters. The molecule has 2 atom stereocenters. The van der Waals surface area contributed by atoms with E-state index in [0.717, 1.165) is 11.9 Å². The van der Waals surface area contributed by atoms with Gasteiger partial charge in [0.25, 0.3) is 0 Å². The van der Waals surface area contributed by atoms with E-state index in [2.05, 4.69) is 46.8 Å². The molecule has 25 heavy (non-hydrogen) atoms. The number of fused-ring (bicyclic) bond motifs is 1. The third-order valence-electron chi connectivity index (χ3n) is 4.98. The summed E-state index contributed by atoms with van der Waals surface area (Å²) in [6, 6.07) is 18.6. The molecule has 0 saturated carbocycles. The predicted molar refractivity (Wildman–Crippen MR) is 98.5 cm³/mol. The van der Waals surface area contributed by atoms with Crippen LogP contribution < -0.4 is 5.32 Å². The second-order valence-electron chi connectivity index (χ2n) is 6.56. The number of hydrogen-bond donors (Lipinski definition) is 2. The average Bonchev–Trinajstić information content (AvgIpc) is 3.33. The molecule has 2 N–H and O–H groups in total. The molecule has 2 aromatic carbocycles. The number of benzene rings is 2. The van der Waals surface area contributed by atoms with Crippen molar-refractivity contribution in [3.63, 3.8) is 0 Å². The molecule has 0 spiro atoms. The van der Waals surface area contributed by atoms with Crippen LogP contribution in [0.5, 0.6) is 0 Å². The maximum absolute atomic E-state index is 12.4. The van der Waals surface area contributed by atoms with E-state index in [-0.39, 0.29) is 17.7 Å². The zero-order valence-corrected chi connectivity index (χ0v) is 14.1. The number of carbonyl (C=O) groups is 1. The molecule has 128 valence electrons. The number of hydrogen-bond acceptors (Lipinski definition) is 2. The first kappa shape index (κ1) is 15.9. The molecule has 2 heterocycles. The molecule has 0 bridgehead atoms. The first-order valence-corrected chi connectivity index (χ1v) is 8.79. The summed E-state index contributed by atoms with van der Waals surface area (Å²) < 4.78 is 5.33. The maximum Gasteiger partial charge on any atom is 0.225 e. The molecule has 4 rings (SSSR count). The fourth-order valence-electron chi connectivity index (χ4n) is 3.56. The van der Waals surface area contributed by atoms with Gasteiger partial charge in [0.15, 0.2) is 0 Å². The topological polar surface area (TPSA) is 54.1 Å². The minimum Gasteiger partial charge on any atom is -0.381 e. The van der Waals surface area contributed by atoms with Gasteiger partial charge in [0.1, 0.15) is 0 Å². The number of carbonyl (C=O) groups excluding carboxylic acids is 1.